The smallest absolute Gasteiger partial charge is 0.310 e. The van der Waals surface area contributed by atoms with E-state index in [2.05, 4.69) is 15.4 Å². The molecule has 0 aromatic carbocycles. The van der Waals surface area contributed by atoms with Crippen LogP contribution < -0.4 is 11.3 Å². The molecule has 0 aliphatic heterocycles. The lowest BCUT2D eigenvalue weighted by Gasteiger charge is -2.54. The lowest BCUT2D eigenvalue weighted by molar-refractivity contribution is -0.00155. The molecule has 3 N–H and O–H groups in total. The highest BCUT2D eigenvalue weighted by molar-refractivity contribution is 5.52. The normalized spacial score (nSPS) is 40.3. The molecule has 1 aromatic heterocycles. The van der Waals surface area contributed by atoms with E-state index in [1.807, 2.05) is 0 Å². The Morgan fingerprint density at radius 3 is 2.21 bits per heavy atom. The average Bonchev–Trinajstić information content (AvgIpc) is 2.65. The first-order chi connectivity index (χ1) is 9.13. The second kappa shape index (κ2) is 3.71. The van der Waals surface area contributed by atoms with Gasteiger partial charge in [-0.2, -0.15) is 10.3 Å². The topological polar surface area (TPSA) is 96.7 Å². The van der Waals surface area contributed by atoms with Crippen LogP contribution >= 0.6 is 0 Å². The van der Waals surface area contributed by atoms with Crippen LogP contribution in [0.15, 0.2) is 19.5 Å². The van der Waals surface area contributed by atoms with Crippen molar-refractivity contribution < 1.29 is 4.52 Å². The minimum atomic E-state index is -0.397. The molecule has 0 spiro atoms. The van der Waals surface area contributed by atoms with E-state index >= 15 is 0 Å². The molecule has 1 heterocycles. The Balaban J connectivity index is 1.64. The minimum absolute atomic E-state index is 0.0264. The van der Waals surface area contributed by atoms with E-state index in [1.54, 1.807) is 0 Å². The van der Waals surface area contributed by atoms with Gasteiger partial charge in [-0.05, 0) is 56.3 Å². The quantitative estimate of drug-likeness (QED) is 0.801. The second-order valence-electron chi connectivity index (χ2n) is 6.59. The molecular formula is C13H18N4O2. The molecular weight excluding hydrogens is 244 g/mol. The number of hydrogen-bond donors (Lipinski definition) is 2. The predicted octanol–water partition coefficient (Wildman–Crippen LogP) is 2.60. The van der Waals surface area contributed by atoms with Crippen molar-refractivity contribution in [2.75, 3.05) is 5.73 Å². The van der Waals surface area contributed by atoms with Crippen molar-refractivity contribution >= 4 is 11.6 Å². The van der Waals surface area contributed by atoms with Crippen molar-refractivity contribution in [3.8, 4) is 0 Å². The third kappa shape index (κ3) is 1.73. The predicted molar refractivity (Wildman–Crippen MR) is 69.2 cm³/mol. The van der Waals surface area contributed by atoms with Crippen molar-refractivity contribution in [1.29, 1.82) is 0 Å². The first-order valence-electron chi connectivity index (χ1n) is 7.03. The van der Waals surface area contributed by atoms with Gasteiger partial charge in [0.05, 0.1) is 5.54 Å². The van der Waals surface area contributed by atoms with Gasteiger partial charge in [-0.1, -0.05) is 0 Å². The summed E-state index contributed by atoms with van der Waals surface area (Å²) in [5.41, 5.74) is 5.25. The zero-order valence-electron chi connectivity index (χ0n) is 10.8. The molecule has 0 atom stereocenters. The molecule has 4 saturated carbocycles. The fourth-order valence-electron chi connectivity index (χ4n) is 4.75. The number of aromatic amines is 1. The summed E-state index contributed by atoms with van der Waals surface area (Å²) in [6.45, 7) is 0. The Labute approximate surface area is 110 Å². The number of rotatable bonds is 2. The Hall–Kier alpha value is -1.59. The zero-order chi connectivity index (χ0) is 13.0. The first-order valence-corrected chi connectivity index (χ1v) is 7.03. The molecule has 4 aliphatic rings. The summed E-state index contributed by atoms with van der Waals surface area (Å²) in [6, 6.07) is 0. The molecule has 0 saturated heterocycles. The summed E-state index contributed by atoms with van der Waals surface area (Å²) < 4.78 is 4.75. The van der Waals surface area contributed by atoms with Crippen LogP contribution in [0.25, 0.3) is 0 Å². The van der Waals surface area contributed by atoms with Crippen molar-refractivity contribution in [3.05, 3.63) is 10.4 Å². The first kappa shape index (κ1) is 11.3. The minimum Gasteiger partial charge on any atom is -0.366 e. The SMILES string of the molecule is Nc1o[nH]c(=O)c1N=NC12CC3CC(CC(C3)C1)C2. The lowest BCUT2D eigenvalue weighted by atomic mass is 9.53. The number of nitrogens with two attached hydrogens (primary N) is 1. The number of anilines is 1. The summed E-state index contributed by atoms with van der Waals surface area (Å²) in [6.07, 6.45) is 7.46. The van der Waals surface area contributed by atoms with Gasteiger partial charge >= 0.3 is 5.56 Å². The van der Waals surface area contributed by atoms with Gasteiger partial charge in [-0.3, -0.25) is 4.79 Å². The number of nitrogens with zero attached hydrogens (tertiary/aromatic N) is 2. The number of hydrogen-bond acceptors (Lipinski definition) is 5. The van der Waals surface area contributed by atoms with Crippen LogP contribution in [0.2, 0.25) is 0 Å². The molecule has 4 bridgehead atoms. The molecule has 102 valence electrons. The number of aromatic nitrogens is 1. The molecule has 0 radical (unpaired) electrons. The highest BCUT2D eigenvalue weighted by Crippen LogP contribution is 2.57. The maximum absolute atomic E-state index is 11.5. The van der Waals surface area contributed by atoms with E-state index in [-0.39, 0.29) is 17.1 Å². The molecule has 6 heteroatoms. The van der Waals surface area contributed by atoms with Crippen LogP contribution in [0, 0.1) is 17.8 Å². The van der Waals surface area contributed by atoms with E-state index in [0.717, 1.165) is 37.0 Å². The maximum Gasteiger partial charge on any atom is 0.310 e. The van der Waals surface area contributed by atoms with Crippen molar-refractivity contribution in [2.45, 2.75) is 44.1 Å². The molecule has 1 aromatic rings. The van der Waals surface area contributed by atoms with Gasteiger partial charge in [0.1, 0.15) is 0 Å². The van der Waals surface area contributed by atoms with Gasteiger partial charge in [0.15, 0.2) is 0 Å². The number of azo groups is 1. The fourth-order valence-corrected chi connectivity index (χ4v) is 4.75. The van der Waals surface area contributed by atoms with Gasteiger partial charge in [-0.15, -0.1) is 5.11 Å². The zero-order valence-corrected chi connectivity index (χ0v) is 10.8. The summed E-state index contributed by atoms with van der Waals surface area (Å²) >= 11 is 0. The summed E-state index contributed by atoms with van der Waals surface area (Å²) in [4.78, 5) is 11.5. The van der Waals surface area contributed by atoms with Crippen LogP contribution in [0.1, 0.15) is 38.5 Å². The van der Waals surface area contributed by atoms with Gasteiger partial charge in [-0.25, -0.2) is 0 Å². The van der Waals surface area contributed by atoms with E-state index < -0.39 is 5.56 Å². The van der Waals surface area contributed by atoms with E-state index in [4.69, 9.17) is 10.3 Å². The van der Waals surface area contributed by atoms with Gasteiger partial charge in [0.2, 0.25) is 5.69 Å². The average molecular weight is 262 g/mol. The Morgan fingerprint density at radius 1 is 1.16 bits per heavy atom. The van der Waals surface area contributed by atoms with Crippen molar-refractivity contribution in [2.24, 2.45) is 28.0 Å². The fraction of sp³-hybridized carbons (Fsp3) is 0.769. The number of nitrogens with one attached hydrogen (secondary N) is 1. The Kier molecular flexibility index (Phi) is 2.20. The summed E-state index contributed by atoms with van der Waals surface area (Å²) in [5, 5.41) is 10.8. The van der Waals surface area contributed by atoms with Crippen LogP contribution in [0.5, 0.6) is 0 Å². The van der Waals surface area contributed by atoms with Gasteiger partial charge in [0, 0.05) is 0 Å². The molecule has 0 amide bonds. The monoisotopic (exact) mass is 262 g/mol. The van der Waals surface area contributed by atoms with Crippen LogP contribution in [0.3, 0.4) is 0 Å². The molecule has 6 nitrogen and oxygen atoms in total. The summed E-state index contributed by atoms with van der Waals surface area (Å²) in [5.74, 6) is 2.46. The van der Waals surface area contributed by atoms with Crippen LogP contribution in [0.4, 0.5) is 11.6 Å². The van der Waals surface area contributed by atoms with Crippen molar-refractivity contribution in [3.63, 3.8) is 0 Å². The highest BCUT2D eigenvalue weighted by atomic mass is 16.5. The van der Waals surface area contributed by atoms with E-state index in [0.29, 0.717) is 0 Å². The van der Waals surface area contributed by atoms with E-state index in [1.165, 1.54) is 19.3 Å². The van der Waals surface area contributed by atoms with Crippen LogP contribution in [-0.2, 0) is 0 Å². The molecule has 0 unspecified atom stereocenters. The molecule has 4 fully saturated rings. The van der Waals surface area contributed by atoms with Gasteiger partial charge in [0.25, 0.3) is 5.88 Å². The second-order valence-corrected chi connectivity index (χ2v) is 6.59. The van der Waals surface area contributed by atoms with Crippen LogP contribution in [-0.4, -0.2) is 10.7 Å². The van der Waals surface area contributed by atoms with Gasteiger partial charge < -0.3 is 10.3 Å². The summed E-state index contributed by atoms with van der Waals surface area (Å²) in [7, 11) is 0. The largest absolute Gasteiger partial charge is 0.366 e. The lowest BCUT2D eigenvalue weighted by Crippen LogP contribution is -2.49. The van der Waals surface area contributed by atoms with Crippen molar-refractivity contribution in [1.82, 2.24) is 5.16 Å². The molecule has 5 rings (SSSR count). The molecule has 4 aliphatic carbocycles. The highest BCUT2D eigenvalue weighted by Gasteiger charge is 2.51. The number of nitrogen functional groups attached to an aromatic ring is 1. The Morgan fingerprint density at radius 2 is 1.74 bits per heavy atom. The third-order valence-electron chi connectivity index (χ3n) is 5.07. The number of H-pyrrole nitrogens is 1. The van der Waals surface area contributed by atoms with E-state index in [9.17, 15) is 4.79 Å². The molecule has 19 heavy (non-hydrogen) atoms. The maximum atomic E-state index is 11.5. The standard InChI is InChI=1S/C13H18N4O2/c14-11-10(12(18)16-19-11)15-17-13-4-7-1-8(5-13)3-9(2-7)6-13/h7-9H,1-6,14H2,(H,16,18). The Bertz CT molecular complexity index is 550. The third-order valence-corrected chi connectivity index (χ3v) is 5.07.